The van der Waals surface area contributed by atoms with Gasteiger partial charge in [0.05, 0.1) is 34.6 Å². The molecule has 11 heteroatoms. The van der Waals surface area contributed by atoms with Crippen LogP contribution in [0.2, 0.25) is 0 Å². The summed E-state index contributed by atoms with van der Waals surface area (Å²) in [5.74, 6) is -1.59. The van der Waals surface area contributed by atoms with E-state index in [4.69, 9.17) is 14.6 Å². The molecule has 38 heavy (non-hydrogen) atoms. The molecule has 1 atom stereocenters. The molecule has 0 saturated carbocycles. The summed E-state index contributed by atoms with van der Waals surface area (Å²) >= 11 is 1.33. The molecule has 1 saturated heterocycles. The molecule has 1 amide bonds. The molecule has 3 heterocycles. The van der Waals surface area contributed by atoms with Gasteiger partial charge < -0.3 is 19.5 Å². The molecule has 1 aliphatic heterocycles. The van der Waals surface area contributed by atoms with Gasteiger partial charge in [-0.1, -0.05) is 17.4 Å². The number of aromatic nitrogens is 2. The van der Waals surface area contributed by atoms with E-state index >= 15 is 8.78 Å². The number of benzene rings is 2. The third-order valence-electron chi connectivity index (χ3n) is 6.20. The maximum Gasteiger partial charge on any atom is 0.410 e. The first-order chi connectivity index (χ1) is 18.1. The molecule has 202 valence electrons. The average Bonchev–Trinajstić information content (AvgIpc) is 3.60. The van der Waals surface area contributed by atoms with Crippen molar-refractivity contribution in [2.24, 2.45) is 0 Å². The highest BCUT2D eigenvalue weighted by atomic mass is 32.1. The fourth-order valence-electron chi connectivity index (χ4n) is 4.59. The van der Waals surface area contributed by atoms with Crippen LogP contribution in [0.1, 0.15) is 55.6 Å². The van der Waals surface area contributed by atoms with Gasteiger partial charge in [-0.05, 0) is 45.7 Å². The Morgan fingerprint density at radius 2 is 1.95 bits per heavy atom. The number of aliphatic hydroxyl groups is 1. The number of carbonyl (C=O) groups excluding carboxylic acids is 2. The second kappa shape index (κ2) is 10.7. The van der Waals surface area contributed by atoms with Crippen LogP contribution in [-0.2, 0) is 4.74 Å². The molecule has 1 unspecified atom stereocenters. The summed E-state index contributed by atoms with van der Waals surface area (Å²) in [5.41, 5.74) is 0.906. The Morgan fingerprint density at radius 3 is 2.61 bits per heavy atom. The highest BCUT2D eigenvalue weighted by Crippen LogP contribution is 2.38. The predicted octanol–water partition coefficient (Wildman–Crippen LogP) is 6.00. The molecule has 8 nitrogen and oxygen atoms in total. The molecule has 4 aromatic rings. The second-order valence-electron chi connectivity index (χ2n) is 9.72. The average molecular weight is 546 g/mol. The lowest BCUT2D eigenvalue weighted by atomic mass is 10.0. The number of aldehydes is 1. The number of methoxy groups -OCH3 is 1. The maximum absolute atomic E-state index is 15.4. The lowest BCUT2D eigenvalue weighted by Crippen LogP contribution is -2.36. The minimum Gasteiger partial charge on any atom is -0.496 e. The van der Waals surface area contributed by atoms with Gasteiger partial charge in [-0.15, -0.1) is 0 Å². The van der Waals surface area contributed by atoms with Crippen LogP contribution >= 0.6 is 11.3 Å². The van der Waals surface area contributed by atoms with E-state index in [2.05, 4.69) is 4.98 Å². The molecule has 1 N–H and O–H groups in total. The number of thiazole rings is 1. The van der Waals surface area contributed by atoms with Crippen LogP contribution in [0, 0.1) is 11.6 Å². The summed E-state index contributed by atoms with van der Waals surface area (Å²) in [6.45, 7) is 5.71. The Balaban J connectivity index is 0.00000164. The zero-order valence-corrected chi connectivity index (χ0v) is 22.6. The zero-order valence-electron chi connectivity index (χ0n) is 21.7. The Bertz CT molecular complexity index is 1510. The van der Waals surface area contributed by atoms with Crippen molar-refractivity contribution in [3.63, 3.8) is 0 Å². The van der Waals surface area contributed by atoms with Crippen LogP contribution in [0.15, 0.2) is 30.5 Å². The third-order valence-corrected chi connectivity index (χ3v) is 7.22. The number of fused-ring (bicyclic) bond motifs is 3. The van der Waals surface area contributed by atoms with Gasteiger partial charge in [0, 0.05) is 37.0 Å². The molecule has 0 spiro atoms. The van der Waals surface area contributed by atoms with Crippen LogP contribution in [0.3, 0.4) is 0 Å². The Labute approximate surface area is 222 Å². The zero-order chi connectivity index (χ0) is 27.8. The monoisotopic (exact) mass is 545 g/mol. The first-order valence-corrected chi connectivity index (χ1v) is 12.8. The van der Waals surface area contributed by atoms with Crippen molar-refractivity contribution in [2.75, 3.05) is 20.8 Å². The highest BCUT2D eigenvalue weighted by molar-refractivity contribution is 7.23. The molecular weight excluding hydrogens is 516 g/mol. The number of likely N-dealkylation sites (tertiary alicyclic amines) is 1. The van der Waals surface area contributed by atoms with Gasteiger partial charge >= 0.3 is 6.09 Å². The second-order valence-corrected chi connectivity index (χ2v) is 10.7. The Hall–Kier alpha value is -3.57. The molecule has 0 bridgehead atoms. The largest absolute Gasteiger partial charge is 0.496 e. The third kappa shape index (κ3) is 4.95. The van der Waals surface area contributed by atoms with Gasteiger partial charge in [0.15, 0.2) is 22.9 Å². The van der Waals surface area contributed by atoms with E-state index in [1.165, 1.54) is 35.5 Å². The van der Waals surface area contributed by atoms with Gasteiger partial charge in [0.2, 0.25) is 0 Å². The molecule has 2 aromatic heterocycles. The number of halogens is 2. The van der Waals surface area contributed by atoms with E-state index in [0.717, 1.165) is 23.6 Å². The van der Waals surface area contributed by atoms with Gasteiger partial charge in [-0.25, -0.2) is 18.6 Å². The van der Waals surface area contributed by atoms with E-state index in [9.17, 15) is 9.59 Å². The van der Waals surface area contributed by atoms with Gasteiger partial charge in [0.1, 0.15) is 11.4 Å². The van der Waals surface area contributed by atoms with Crippen LogP contribution in [-0.4, -0.2) is 58.1 Å². The smallest absolute Gasteiger partial charge is 0.410 e. The standard InChI is InChI=1S/C26H25F2N3O4S.CH4O/c1-26(2,3)35-25(33)30-9-5-6-18(30)16-8-7-15(22(27)23(16)28)17-12-31-19-11-20(34-4)14(13-32)10-21(19)36-24(31)29-17;1-2/h7-8,10-13,18H,5-6,9H2,1-4H3;2H,1H3. The van der Waals surface area contributed by atoms with E-state index < -0.39 is 29.4 Å². The van der Waals surface area contributed by atoms with Crippen LogP contribution in [0.4, 0.5) is 13.6 Å². The van der Waals surface area contributed by atoms with Gasteiger partial charge in [-0.2, -0.15) is 0 Å². The molecule has 1 aliphatic rings. The van der Waals surface area contributed by atoms with Crippen molar-refractivity contribution in [1.82, 2.24) is 14.3 Å². The Kier molecular flexibility index (Phi) is 7.70. The molecule has 2 aromatic carbocycles. The summed E-state index contributed by atoms with van der Waals surface area (Å²) < 4.78 is 44.0. The van der Waals surface area contributed by atoms with Crippen LogP contribution in [0.5, 0.6) is 5.75 Å². The number of carbonyl (C=O) groups is 2. The summed E-state index contributed by atoms with van der Waals surface area (Å²) in [6, 6.07) is 5.86. The van der Waals surface area contributed by atoms with Gasteiger partial charge in [0.25, 0.3) is 0 Å². The lowest BCUT2D eigenvalue weighted by molar-refractivity contribution is 0.0222. The number of amides is 1. The normalized spacial score (nSPS) is 15.5. The molecule has 0 radical (unpaired) electrons. The first-order valence-electron chi connectivity index (χ1n) is 12.0. The van der Waals surface area contributed by atoms with E-state index in [1.54, 1.807) is 43.5 Å². The van der Waals surface area contributed by atoms with Gasteiger partial charge in [-0.3, -0.25) is 9.20 Å². The van der Waals surface area contributed by atoms with Crippen molar-refractivity contribution in [3.05, 3.63) is 53.2 Å². The van der Waals surface area contributed by atoms with Crippen molar-refractivity contribution < 1.29 is 33.0 Å². The summed E-state index contributed by atoms with van der Waals surface area (Å²) in [7, 11) is 2.48. The number of aliphatic hydroxyl groups excluding tert-OH is 1. The summed E-state index contributed by atoms with van der Waals surface area (Å²) in [6.07, 6.45) is 3.01. The first kappa shape index (κ1) is 27.5. The number of ether oxygens (including phenoxy) is 2. The van der Waals surface area contributed by atoms with Crippen LogP contribution in [0.25, 0.3) is 26.4 Å². The highest BCUT2D eigenvalue weighted by Gasteiger charge is 2.35. The van der Waals surface area contributed by atoms with E-state index in [0.29, 0.717) is 35.7 Å². The summed E-state index contributed by atoms with van der Waals surface area (Å²) in [5, 5.41) is 7.00. The van der Waals surface area contributed by atoms with Crippen LogP contribution < -0.4 is 4.74 Å². The van der Waals surface area contributed by atoms with Crippen molar-refractivity contribution >= 4 is 38.9 Å². The quantitative estimate of drug-likeness (QED) is 0.317. The molecular formula is C27H29F2N3O5S. The fourth-order valence-corrected chi connectivity index (χ4v) is 5.63. The lowest BCUT2D eigenvalue weighted by Gasteiger charge is -2.29. The maximum atomic E-state index is 15.4. The number of hydrogen-bond acceptors (Lipinski definition) is 7. The minimum absolute atomic E-state index is 0.0265. The van der Waals surface area contributed by atoms with Crippen molar-refractivity contribution in [2.45, 2.75) is 45.3 Å². The number of rotatable bonds is 4. The topological polar surface area (TPSA) is 93.4 Å². The number of imidazole rings is 1. The molecule has 5 rings (SSSR count). The Morgan fingerprint density at radius 1 is 1.21 bits per heavy atom. The molecule has 1 fully saturated rings. The number of hydrogen-bond donors (Lipinski definition) is 1. The predicted molar refractivity (Wildman–Crippen MR) is 141 cm³/mol. The van der Waals surface area contributed by atoms with E-state index in [1.807, 2.05) is 0 Å². The fraction of sp³-hybridized carbons (Fsp3) is 0.370. The minimum atomic E-state index is -1.01. The SMILES string of the molecule is CO.COc1cc2c(cc1C=O)sc1nc(-c3ccc(C4CCCN4C(=O)OC(C)(C)C)c(F)c3F)cn12. The summed E-state index contributed by atoms with van der Waals surface area (Å²) in [4.78, 5) is 30.5. The number of nitrogens with zero attached hydrogens (tertiary/aromatic N) is 3. The van der Waals surface area contributed by atoms with Crippen molar-refractivity contribution in [1.29, 1.82) is 0 Å². The van der Waals surface area contributed by atoms with Crippen molar-refractivity contribution in [3.8, 4) is 17.0 Å². The van der Waals surface area contributed by atoms with E-state index in [-0.39, 0.29) is 16.8 Å². The molecule has 0 aliphatic carbocycles.